The first-order valence-corrected chi connectivity index (χ1v) is 9.06. The highest BCUT2D eigenvalue weighted by Crippen LogP contribution is 2.25. The fourth-order valence-electron chi connectivity index (χ4n) is 3.39. The van der Waals surface area contributed by atoms with E-state index in [0.29, 0.717) is 0 Å². The normalized spacial score (nSPS) is 19.0. The van der Waals surface area contributed by atoms with Crippen molar-refractivity contribution in [2.45, 2.75) is 17.8 Å². The van der Waals surface area contributed by atoms with Gasteiger partial charge in [-0.1, -0.05) is 42.5 Å². The molecule has 1 heterocycles. The summed E-state index contributed by atoms with van der Waals surface area (Å²) < 4.78 is 0. The van der Waals surface area contributed by atoms with E-state index in [1.807, 2.05) is 24.3 Å². The first kappa shape index (κ1) is 18.1. The number of aromatic amines is 1. The zero-order valence-electron chi connectivity index (χ0n) is 14.5. The Morgan fingerprint density at radius 1 is 1.11 bits per heavy atom. The predicted molar refractivity (Wildman–Crippen MR) is 103 cm³/mol. The van der Waals surface area contributed by atoms with Gasteiger partial charge < -0.3 is 14.9 Å². The van der Waals surface area contributed by atoms with Crippen LogP contribution in [0.15, 0.2) is 59.7 Å². The summed E-state index contributed by atoms with van der Waals surface area (Å²) in [5.74, 6) is -2.46. The van der Waals surface area contributed by atoms with Gasteiger partial charge in [0.15, 0.2) is 5.78 Å². The van der Waals surface area contributed by atoms with Crippen molar-refractivity contribution in [1.82, 2.24) is 4.98 Å². The Hall–Kier alpha value is -3.25. The molecule has 0 saturated carbocycles. The van der Waals surface area contributed by atoms with Crippen molar-refractivity contribution in [3.05, 3.63) is 71.4 Å². The molecule has 140 valence electrons. The van der Waals surface area contributed by atoms with Crippen molar-refractivity contribution in [1.29, 1.82) is 0 Å². The van der Waals surface area contributed by atoms with E-state index < -0.39 is 29.0 Å². The average molecular weight is 394 g/mol. The minimum atomic E-state index is -1.44. The van der Waals surface area contributed by atoms with Gasteiger partial charge in [-0.3, -0.25) is 14.6 Å². The van der Waals surface area contributed by atoms with Gasteiger partial charge in [0.05, 0.1) is 12.0 Å². The van der Waals surface area contributed by atoms with E-state index in [1.54, 1.807) is 18.3 Å². The maximum atomic E-state index is 12.8. The van der Waals surface area contributed by atoms with Crippen molar-refractivity contribution in [3.8, 4) is 0 Å². The number of fused-ring (bicyclic) bond motifs is 2. The number of hydrogen-bond acceptors (Lipinski definition) is 5. The number of carboxylic acid groups (broad SMARTS) is 1. The van der Waals surface area contributed by atoms with Crippen LogP contribution in [0.2, 0.25) is 0 Å². The number of carboxylic acids is 1. The minimum Gasteiger partial charge on any atom is -0.548 e. The predicted octanol–water partition coefficient (Wildman–Crippen LogP) is 1.96. The van der Waals surface area contributed by atoms with Crippen LogP contribution in [0.3, 0.4) is 0 Å². The number of alkyl halides is 1. The number of carbonyl (C=O) groups excluding carboxylic acids is 3. The number of hydrogen-bond donors (Lipinski definition) is 1. The summed E-state index contributed by atoms with van der Waals surface area (Å²) in [6, 6.07) is 12.4. The van der Waals surface area contributed by atoms with Crippen molar-refractivity contribution in [2.24, 2.45) is 4.99 Å². The third-order valence-electron chi connectivity index (χ3n) is 4.80. The zero-order valence-corrected chi connectivity index (χ0v) is 15.3. The number of aromatic nitrogens is 1. The molecule has 0 fully saturated rings. The fraction of sp³-hybridized carbons (Fsp3) is 0.143. The van der Waals surface area contributed by atoms with Gasteiger partial charge in [-0.15, -0.1) is 11.6 Å². The summed E-state index contributed by atoms with van der Waals surface area (Å²) >= 11 is 6.16. The third kappa shape index (κ3) is 3.01. The lowest BCUT2D eigenvalue weighted by Crippen LogP contribution is -2.42. The van der Waals surface area contributed by atoms with E-state index in [4.69, 9.17) is 11.6 Å². The van der Waals surface area contributed by atoms with Gasteiger partial charge in [0.25, 0.3) is 0 Å². The van der Waals surface area contributed by atoms with E-state index in [9.17, 15) is 19.5 Å². The van der Waals surface area contributed by atoms with Crippen LogP contribution in [0.1, 0.15) is 26.3 Å². The Labute approximate surface area is 164 Å². The van der Waals surface area contributed by atoms with Gasteiger partial charge in [0.2, 0.25) is 5.78 Å². The van der Waals surface area contributed by atoms with Gasteiger partial charge in [-0.2, -0.15) is 0 Å². The van der Waals surface area contributed by atoms with Gasteiger partial charge in [-0.05, 0) is 11.6 Å². The van der Waals surface area contributed by atoms with Crippen LogP contribution in [-0.2, 0) is 11.2 Å². The third-order valence-corrected chi connectivity index (χ3v) is 5.20. The second kappa shape index (κ2) is 7.05. The number of nitrogens with one attached hydrogen (secondary N) is 1. The Morgan fingerprint density at radius 2 is 1.79 bits per heavy atom. The summed E-state index contributed by atoms with van der Waals surface area (Å²) in [5.41, 5.74) is 1.70. The first-order chi connectivity index (χ1) is 13.5. The molecule has 3 aromatic rings. The molecule has 1 aliphatic rings. The highest BCUT2D eigenvalue weighted by molar-refractivity contribution is 6.64. The molecule has 28 heavy (non-hydrogen) atoms. The average Bonchev–Trinajstić information content (AvgIpc) is 3.11. The molecule has 0 bridgehead atoms. The summed E-state index contributed by atoms with van der Waals surface area (Å²) in [6.45, 7) is 0. The number of carbonyl (C=O) groups is 3. The van der Waals surface area contributed by atoms with Crippen LogP contribution in [0.5, 0.6) is 0 Å². The quantitative estimate of drug-likeness (QED) is 0.684. The zero-order chi connectivity index (χ0) is 19.8. The second-order valence-corrected chi connectivity index (χ2v) is 6.95. The number of benzene rings is 2. The second-order valence-electron chi connectivity index (χ2n) is 6.51. The molecule has 1 aromatic heterocycles. The monoisotopic (exact) mass is 393 g/mol. The van der Waals surface area contributed by atoms with Crippen LogP contribution in [0.4, 0.5) is 0 Å². The number of para-hydroxylation sites is 1. The van der Waals surface area contributed by atoms with Gasteiger partial charge in [0.1, 0.15) is 11.1 Å². The molecule has 0 aliphatic heterocycles. The smallest absolute Gasteiger partial charge is 0.209 e. The Morgan fingerprint density at radius 3 is 2.54 bits per heavy atom. The fourth-order valence-corrected chi connectivity index (χ4v) is 3.67. The molecule has 2 atom stereocenters. The Bertz CT molecular complexity index is 1150. The summed E-state index contributed by atoms with van der Waals surface area (Å²) in [5, 5.41) is 11.2. The molecular weight excluding hydrogens is 380 g/mol. The van der Waals surface area contributed by atoms with Crippen molar-refractivity contribution in [2.75, 3.05) is 0 Å². The molecular formula is C21H14ClN2O4-. The summed E-state index contributed by atoms with van der Waals surface area (Å²) in [6.07, 6.45) is 1.70. The SMILES string of the molecule is O=C1C(=N[C@@H](Cc2c[nH]c3ccccc23)C(=O)[O-])C(Cl)C(=O)c2ccccc21. The number of halogens is 1. The lowest BCUT2D eigenvalue weighted by atomic mass is 9.87. The lowest BCUT2D eigenvalue weighted by Gasteiger charge is -2.22. The Balaban J connectivity index is 1.73. The molecule has 0 spiro atoms. The summed E-state index contributed by atoms with van der Waals surface area (Å²) in [4.78, 5) is 44.1. The molecule has 0 saturated heterocycles. The van der Waals surface area contributed by atoms with E-state index in [2.05, 4.69) is 9.98 Å². The minimum absolute atomic E-state index is 0.00255. The number of aliphatic imine (C=N–C) groups is 1. The number of nitrogens with zero attached hydrogens (tertiary/aromatic N) is 1. The Kier molecular flexibility index (Phi) is 4.57. The lowest BCUT2D eigenvalue weighted by molar-refractivity contribution is -0.307. The van der Waals surface area contributed by atoms with E-state index >= 15 is 0 Å². The van der Waals surface area contributed by atoms with Gasteiger partial charge >= 0.3 is 0 Å². The maximum absolute atomic E-state index is 12.8. The summed E-state index contributed by atoms with van der Waals surface area (Å²) in [7, 11) is 0. The molecule has 2 aromatic carbocycles. The molecule has 1 N–H and O–H groups in total. The van der Waals surface area contributed by atoms with Crippen molar-refractivity contribution >= 4 is 45.8 Å². The van der Waals surface area contributed by atoms with Crippen LogP contribution in [0.25, 0.3) is 10.9 Å². The largest absolute Gasteiger partial charge is 0.548 e. The van der Waals surface area contributed by atoms with E-state index in [-0.39, 0.29) is 23.3 Å². The molecule has 1 unspecified atom stereocenters. The van der Waals surface area contributed by atoms with Crippen LogP contribution < -0.4 is 5.11 Å². The number of H-pyrrole nitrogens is 1. The van der Waals surface area contributed by atoms with Gasteiger partial charge in [0, 0.05) is 34.6 Å². The van der Waals surface area contributed by atoms with Crippen molar-refractivity contribution < 1.29 is 19.5 Å². The number of rotatable bonds is 4. The molecule has 6 nitrogen and oxygen atoms in total. The highest BCUT2D eigenvalue weighted by Gasteiger charge is 2.37. The number of aliphatic carboxylic acids is 1. The molecule has 0 amide bonds. The first-order valence-electron chi connectivity index (χ1n) is 8.63. The maximum Gasteiger partial charge on any atom is 0.209 e. The molecule has 4 rings (SSSR count). The standard InChI is InChI=1S/C21H15ClN2O4/c22-17-18(20(26)14-7-2-1-6-13(14)19(17)25)24-16(21(27)28)9-11-10-23-15-8-4-3-5-12(11)15/h1-8,10,16-17,23H,9H2,(H,27,28)/p-1/t16-,17?/m0/s1. The molecule has 1 aliphatic carbocycles. The van der Waals surface area contributed by atoms with Crippen LogP contribution >= 0.6 is 11.6 Å². The topological polar surface area (TPSA) is 102 Å². The van der Waals surface area contributed by atoms with Gasteiger partial charge in [-0.25, -0.2) is 0 Å². The molecule has 0 radical (unpaired) electrons. The van der Waals surface area contributed by atoms with E-state index in [1.165, 1.54) is 12.1 Å². The molecule has 7 heteroatoms. The van der Waals surface area contributed by atoms with E-state index in [0.717, 1.165) is 16.5 Å². The highest BCUT2D eigenvalue weighted by atomic mass is 35.5. The number of ketones is 2. The van der Waals surface area contributed by atoms with Crippen molar-refractivity contribution in [3.63, 3.8) is 0 Å². The van der Waals surface area contributed by atoms with Crippen LogP contribution in [-0.4, -0.2) is 39.7 Å². The van der Waals surface area contributed by atoms with Crippen LogP contribution in [0, 0.1) is 0 Å². The number of Topliss-reactive ketones (excluding diaryl/α,β-unsaturated/α-hetero) is 2.